The van der Waals surface area contributed by atoms with Gasteiger partial charge in [0.2, 0.25) is 0 Å². The van der Waals surface area contributed by atoms with Gasteiger partial charge in [-0.25, -0.2) is 15.0 Å². The lowest BCUT2D eigenvalue weighted by molar-refractivity contribution is 1.09. The van der Waals surface area contributed by atoms with Gasteiger partial charge in [-0.1, -0.05) is 132 Å². The second-order valence-corrected chi connectivity index (χ2v) is 15.1. The highest BCUT2D eigenvalue weighted by Gasteiger charge is 1.98. The maximum Gasteiger partial charge on any atom is 0.125 e. The van der Waals surface area contributed by atoms with Gasteiger partial charge >= 0.3 is 0 Å². The summed E-state index contributed by atoms with van der Waals surface area (Å²) in [5, 5.41) is 4.54. The van der Waals surface area contributed by atoms with Gasteiger partial charge in [0, 0.05) is 102 Å². The average Bonchev–Trinajstić information content (AvgIpc) is 3.51. The topological polar surface area (TPSA) is 155 Å². The molecule has 12 rings (SSSR count). The fourth-order valence-corrected chi connectivity index (χ4v) is 6.61. The van der Waals surface area contributed by atoms with Crippen LogP contribution in [-0.2, 0) is 0 Å². The summed E-state index contributed by atoms with van der Waals surface area (Å²) in [5.74, 6) is 0.823. The van der Waals surface area contributed by atoms with Crippen LogP contribution in [0.15, 0.2) is 184 Å². The number of benzene rings is 4. The SMILES string of the molecule is CC.CC.CC.CC.CC.CC.Cc1ccc2nccnc2c1.Cc1cccc2nccnc12.Cc1cnc2ccccc2n1.Cc1cncc2cccnc12.Cc1cncc2ccncc12.Cc1ncc2ccccc2n1. The Balaban J connectivity index is 0.000000450. The summed E-state index contributed by atoms with van der Waals surface area (Å²) >= 11 is 0. The van der Waals surface area contributed by atoms with Crippen molar-refractivity contribution < 1.29 is 0 Å². The van der Waals surface area contributed by atoms with Crippen LogP contribution in [0.5, 0.6) is 0 Å². The number of nitrogens with zero attached hydrogens (tertiary/aromatic N) is 12. The van der Waals surface area contributed by atoms with Crippen molar-refractivity contribution in [2.24, 2.45) is 0 Å². The molecular weight excluding hydrogens is 961 g/mol. The minimum Gasteiger partial charge on any atom is -0.264 e. The predicted molar refractivity (Wildman–Crippen MR) is 334 cm³/mol. The largest absolute Gasteiger partial charge is 0.264 e. The molecule has 0 radical (unpaired) electrons. The monoisotopic (exact) mass is 1040 g/mol. The summed E-state index contributed by atoms with van der Waals surface area (Å²) < 4.78 is 0. The Bertz CT molecular complexity index is 3090. The molecule has 0 aliphatic rings. The number of hydrogen-bond acceptors (Lipinski definition) is 12. The van der Waals surface area contributed by atoms with Crippen molar-refractivity contribution in [2.75, 3.05) is 0 Å². The number of rotatable bonds is 0. The van der Waals surface area contributed by atoms with Gasteiger partial charge in [0.25, 0.3) is 0 Å². The lowest BCUT2D eigenvalue weighted by Gasteiger charge is -1.97. The Labute approximate surface area is 465 Å². The predicted octanol–water partition coefficient (Wildman–Crippen LogP) is 17.8. The molecule has 12 heteroatoms. The second-order valence-electron chi connectivity index (χ2n) is 15.1. The van der Waals surface area contributed by atoms with E-state index in [0.717, 1.165) is 77.4 Å². The highest BCUT2D eigenvalue weighted by atomic mass is 14.9. The van der Waals surface area contributed by atoms with E-state index in [-0.39, 0.29) is 0 Å². The molecule has 0 saturated carbocycles. The fraction of sp³-hybridized carbons (Fsp3) is 0.273. The van der Waals surface area contributed by atoms with Crippen molar-refractivity contribution in [2.45, 2.75) is 125 Å². The first kappa shape index (κ1) is 67.4. The number of pyridine rings is 4. The van der Waals surface area contributed by atoms with Crippen LogP contribution in [0.4, 0.5) is 0 Å². The Hall–Kier alpha value is -8.64. The summed E-state index contributed by atoms with van der Waals surface area (Å²) in [6, 6.07) is 33.8. The van der Waals surface area contributed by atoms with Gasteiger partial charge in [0.1, 0.15) is 5.82 Å². The van der Waals surface area contributed by atoms with Crippen LogP contribution in [-0.4, -0.2) is 59.8 Å². The molecule has 0 amide bonds. The van der Waals surface area contributed by atoms with Crippen LogP contribution in [0, 0.1) is 41.5 Å². The van der Waals surface area contributed by atoms with Crippen LogP contribution >= 0.6 is 0 Å². The Morgan fingerprint density at radius 3 is 1.50 bits per heavy atom. The van der Waals surface area contributed by atoms with E-state index in [2.05, 4.69) is 59.8 Å². The highest BCUT2D eigenvalue weighted by Crippen LogP contribution is 2.15. The van der Waals surface area contributed by atoms with Gasteiger partial charge in [-0.05, 0) is 118 Å². The summed E-state index contributed by atoms with van der Waals surface area (Å²) in [6.45, 7) is 36.0. The highest BCUT2D eigenvalue weighted by molar-refractivity contribution is 5.83. The first-order chi connectivity index (χ1) is 38.2. The molecule has 78 heavy (non-hydrogen) atoms. The quantitative estimate of drug-likeness (QED) is 0.142. The third-order valence-corrected chi connectivity index (χ3v) is 9.96. The maximum absolute atomic E-state index is 4.31. The number of para-hydroxylation sites is 4. The Kier molecular flexibility index (Phi) is 35.1. The second kappa shape index (κ2) is 40.6. The van der Waals surface area contributed by atoms with Crippen LogP contribution in [0.2, 0.25) is 0 Å². The lowest BCUT2D eigenvalue weighted by atomic mass is 10.1. The smallest absolute Gasteiger partial charge is 0.125 e. The van der Waals surface area contributed by atoms with Gasteiger partial charge in [-0.2, -0.15) is 0 Å². The molecule has 0 atom stereocenters. The molecule has 4 aromatic carbocycles. The average molecular weight is 1050 g/mol. The normalized spacial score (nSPS) is 9.15. The van der Waals surface area contributed by atoms with Crippen molar-refractivity contribution in [3.05, 3.63) is 217 Å². The summed E-state index contributed by atoms with van der Waals surface area (Å²) in [5.41, 5.74) is 13.5. The van der Waals surface area contributed by atoms with Gasteiger partial charge in [-0.15, -0.1) is 0 Å². The zero-order chi connectivity index (χ0) is 58.1. The molecule has 12 nitrogen and oxygen atoms in total. The zero-order valence-corrected chi connectivity index (χ0v) is 49.7. The molecule has 0 aliphatic carbocycles. The molecule has 408 valence electrons. The first-order valence-corrected chi connectivity index (χ1v) is 27.2. The molecule has 0 bridgehead atoms. The van der Waals surface area contributed by atoms with Gasteiger partial charge in [0.05, 0.1) is 49.8 Å². The lowest BCUT2D eigenvalue weighted by Crippen LogP contribution is -1.86. The Morgan fingerprint density at radius 2 is 0.833 bits per heavy atom. The van der Waals surface area contributed by atoms with Crippen molar-refractivity contribution in [3.63, 3.8) is 0 Å². The number of hydrogen-bond donors (Lipinski definition) is 0. The van der Waals surface area contributed by atoms with E-state index >= 15 is 0 Å². The third-order valence-electron chi connectivity index (χ3n) is 9.96. The van der Waals surface area contributed by atoms with E-state index in [0.29, 0.717) is 0 Å². The van der Waals surface area contributed by atoms with Crippen LogP contribution < -0.4 is 0 Å². The van der Waals surface area contributed by atoms with E-state index in [4.69, 9.17) is 0 Å². The van der Waals surface area contributed by atoms with E-state index in [1.165, 1.54) is 22.1 Å². The summed E-state index contributed by atoms with van der Waals surface area (Å²) in [7, 11) is 0. The Morgan fingerprint density at radius 1 is 0.282 bits per heavy atom. The molecule has 8 aromatic heterocycles. The van der Waals surface area contributed by atoms with Crippen LogP contribution in [0.1, 0.15) is 117 Å². The first-order valence-electron chi connectivity index (χ1n) is 27.2. The van der Waals surface area contributed by atoms with Crippen molar-refractivity contribution >= 4 is 65.7 Å². The van der Waals surface area contributed by atoms with Crippen molar-refractivity contribution in [3.8, 4) is 0 Å². The number of aromatic nitrogens is 12. The number of aryl methyl sites for hydroxylation is 6. The van der Waals surface area contributed by atoms with Crippen LogP contribution in [0.25, 0.3) is 65.7 Å². The molecule has 8 heterocycles. The van der Waals surface area contributed by atoms with Gasteiger partial charge < -0.3 is 0 Å². The molecule has 0 aliphatic heterocycles. The standard InChI is InChI=1S/6C9H8N2.6C2H6/c1-7-4-11-5-8-2-3-10-6-9(7)8;1-7-2-3-8-9(6-7)11-5-4-10-8;1-7-5-10-6-8-3-2-4-11-9(7)8;1-7-3-2-4-8-9(7)11-6-5-10-8;1-7-10-6-8-4-2-3-5-9(8)11-7;1-7-6-10-8-4-2-3-5-9(8)11-7;6*1-2/h6*2-6H,1H3;6*1-2H3. The van der Waals surface area contributed by atoms with E-state index < -0.39 is 0 Å². The maximum atomic E-state index is 4.31. The molecule has 0 saturated heterocycles. The van der Waals surface area contributed by atoms with Crippen molar-refractivity contribution in [1.82, 2.24) is 59.8 Å². The number of fused-ring (bicyclic) bond motifs is 6. The molecule has 0 unspecified atom stereocenters. The minimum absolute atomic E-state index is 0.823. The van der Waals surface area contributed by atoms with Gasteiger partial charge in [-0.3, -0.25) is 44.9 Å². The minimum atomic E-state index is 0.823. The summed E-state index contributed by atoms with van der Waals surface area (Å²) in [6.07, 6.45) is 23.3. The molecule has 0 N–H and O–H groups in total. The fourth-order valence-electron chi connectivity index (χ4n) is 6.61. The zero-order valence-electron chi connectivity index (χ0n) is 49.7. The third kappa shape index (κ3) is 22.7. The van der Waals surface area contributed by atoms with Crippen LogP contribution in [0.3, 0.4) is 0 Å². The van der Waals surface area contributed by atoms with E-state index in [1.807, 2.05) is 265 Å². The summed E-state index contributed by atoms with van der Waals surface area (Å²) in [4.78, 5) is 50.1. The van der Waals surface area contributed by atoms with E-state index in [9.17, 15) is 0 Å². The van der Waals surface area contributed by atoms with Gasteiger partial charge in [0.15, 0.2) is 0 Å². The molecule has 0 spiro atoms. The molecule has 0 fully saturated rings. The molecule has 12 aromatic rings. The van der Waals surface area contributed by atoms with Crippen molar-refractivity contribution in [1.29, 1.82) is 0 Å². The van der Waals surface area contributed by atoms with E-state index in [1.54, 1.807) is 43.4 Å². The molecular formula is C66H84N12.